The van der Waals surface area contributed by atoms with Crippen molar-refractivity contribution in [2.24, 2.45) is 5.92 Å². The molecule has 1 aromatic carbocycles. The Labute approximate surface area is 188 Å². The lowest BCUT2D eigenvalue weighted by Gasteiger charge is -2.18. The van der Waals surface area contributed by atoms with Crippen LogP contribution in [-0.4, -0.2) is 50.8 Å². The maximum Gasteiger partial charge on any atom is 0.416 e. The Morgan fingerprint density at radius 3 is 2.18 bits per heavy atom. The van der Waals surface area contributed by atoms with Crippen molar-refractivity contribution in [3.63, 3.8) is 0 Å². The van der Waals surface area contributed by atoms with E-state index >= 15 is 0 Å². The third-order valence-electron chi connectivity index (χ3n) is 4.37. The van der Waals surface area contributed by atoms with E-state index in [0.29, 0.717) is 12.1 Å². The Morgan fingerprint density at radius 2 is 1.65 bits per heavy atom. The predicted octanol–water partition coefficient (Wildman–Crippen LogP) is 1.61. The summed E-state index contributed by atoms with van der Waals surface area (Å²) in [6, 6.07) is 0.861. The van der Waals surface area contributed by atoms with Crippen LogP contribution in [0.4, 0.5) is 17.6 Å². The average molecular weight is 489 g/mol. The molecule has 0 unspecified atom stereocenters. The van der Waals surface area contributed by atoms with E-state index in [9.17, 15) is 47.0 Å². The highest BCUT2D eigenvalue weighted by molar-refractivity contribution is 6.05. The summed E-state index contributed by atoms with van der Waals surface area (Å²) in [5.74, 6) is -8.74. The first-order valence-corrected chi connectivity index (χ1v) is 9.53. The van der Waals surface area contributed by atoms with Gasteiger partial charge in [0.15, 0.2) is 5.75 Å². The van der Waals surface area contributed by atoms with E-state index in [1.165, 1.54) is 0 Å². The highest BCUT2D eigenvalue weighted by atomic mass is 19.4. The molecule has 0 spiro atoms. The summed E-state index contributed by atoms with van der Waals surface area (Å²) in [5.41, 5.74) is -6.73. The van der Waals surface area contributed by atoms with Crippen LogP contribution in [0.5, 0.6) is 11.6 Å². The fourth-order valence-electron chi connectivity index (χ4n) is 2.78. The van der Waals surface area contributed by atoms with Gasteiger partial charge in [-0.3, -0.25) is 19.2 Å². The van der Waals surface area contributed by atoms with Gasteiger partial charge in [0, 0.05) is 6.54 Å². The number of pyridine rings is 1. The van der Waals surface area contributed by atoms with Crippen LogP contribution in [0.2, 0.25) is 0 Å². The fraction of sp³-hybridized carbons (Fsp3) is 0.300. The second-order valence-corrected chi connectivity index (χ2v) is 7.41. The second kappa shape index (κ2) is 9.80. The van der Waals surface area contributed by atoms with Gasteiger partial charge in [-0.1, -0.05) is 13.8 Å². The van der Waals surface area contributed by atoms with Gasteiger partial charge in [-0.15, -0.1) is 0 Å². The molecular weight excluding hydrogens is 470 g/mol. The molecule has 0 aliphatic carbocycles. The number of nitrogens with one attached hydrogen (secondary N) is 2. The number of hydrogen-bond donors (Lipinski definition) is 5. The van der Waals surface area contributed by atoms with Gasteiger partial charge >= 0.3 is 12.1 Å². The molecule has 2 amide bonds. The smallest absolute Gasteiger partial charge is 0.416 e. The van der Waals surface area contributed by atoms with Crippen molar-refractivity contribution in [2.75, 3.05) is 13.1 Å². The number of amides is 2. The molecule has 184 valence electrons. The number of carbonyl (C=O) groups excluding carboxylic acids is 2. The Morgan fingerprint density at radius 1 is 1.06 bits per heavy atom. The van der Waals surface area contributed by atoms with Crippen LogP contribution < -0.4 is 16.2 Å². The maximum atomic E-state index is 14.5. The number of rotatable bonds is 7. The quantitative estimate of drug-likeness (QED) is 0.370. The van der Waals surface area contributed by atoms with Crippen LogP contribution in [0.15, 0.2) is 23.0 Å². The maximum absolute atomic E-state index is 14.5. The molecule has 0 bridgehead atoms. The van der Waals surface area contributed by atoms with Crippen LogP contribution in [0, 0.1) is 11.7 Å². The van der Waals surface area contributed by atoms with E-state index in [2.05, 4.69) is 5.32 Å². The van der Waals surface area contributed by atoms with Gasteiger partial charge < -0.3 is 26.0 Å². The number of hydrogen-bond acceptors (Lipinski definition) is 6. The van der Waals surface area contributed by atoms with E-state index in [-0.39, 0.29) is 23.1 Å². The molecular formula is C20H19F4N3O7. The van der Waals surface area contributed by atoms with E-state index < -0.39 is 75.9 Å². The minimum Gasteiger partial charge on any atom is -0.506 e. The summed E-state index contributed by atoms with van der Waals surface area (Å²) in [4.78, 5) is 48.6. The molecule has 1 aromatic heterocycles. The third kappa shape index (κ3) is 5.44. The zero-order chi connectivity index (χ0) is 26.0. The molecule has 34 heavy (non-hydrogen) atoms. The van der Waals surface area contributed by atoms with Gasteiger partial charge in [0.2, 0.25) is 5.88 Å². The van der Waals surface area contributed by atoms with Crippen molar-refractivity contribution in [3.05, 3.63) is 51.1 Å². The number of carboxylic acid groups (broad SMARTS) is 1. The van der Waals surface area contributed by atoms with Crippen molar-refractivity contribution in [3.8, 4) is 17.3 Å². The Hall–Kier alpha value is -4.10. The second-order valence-electron chi connectivity index (χ2n) is 7.41. The van der Waals surface area contributed by atoms with Gasteiger partial charge in [-0.05, 0) is 24.1 Å². The third-order valence-corrected chi connectivity index (χ3v) is 4.37. The molecule has 2 rings (SSSR count). The Kier molecular flexibility index (Phi) is 7.54. The highest BCUT2D eigenvalue weighted by Gasteiger charge is 2.34. The van der Waals surface area contributed by atoms with Crippen LogP contribution in [0.25, 0.3) is 5.69 Å². The lowest BCUT2D eigenvalue weighted by Crippen LogP contribution is -2.37. The molecule has 0 aliphatic heterocycles. The number of aromatic nitrogens is 1. The SMILES string of the molecule is CC(C)CNC(=O)c1c(O)c(C(=O)NCC(=O)O)c(=O)n(-c2cc(C(F)(F)F)ccc2F)c1O. The molecule has 2 aromatic rings. The van der Waals surface area contributed by atoms with E-state index in [4.69, 9.17) is 5.11 Å². The largest absolute Gasteiger partial charge is 0.506 e. The van der Waals surface area contributed by atoms with Crippen LogP contribution in [-0.2, 0) is 11.0 Å². The molecule has 1 heterocycles. The molecule has 0 fully saturated rings. The summed E-state index contributed by atoms with van der Waals surface area (Å²) in [5, 5.41) is 33.7. The topological polar surface area (TPSA) is 158 Å². The van der Waals surface area contributed by atoms with Crippen molar-refractivity contribution in [2.45, 2.75) is 20.0 Å². The number of halogens is 4. The minimum absolute atomic E-state index is 0.0185. The van der Waals surface area contributed by atoms with Crippen molar-refractivity contribution in [1.82, 2.24) is 15.2 Å². The number of carbonyl (C=O) groups is 3. The summed E-state index contributed by atoms with van der Waals surface area (Å²) >= 11 is 0. The highest BCUT2D eigenvalue weighted by Crippen LogP contribution is 2.34. The standard InChI is InChI=1S/C20H19F4N3O7/c1-8(2)6-25-16(31)13-15(30)14(17(32)26-7-12(28)29)19(34)27(18(13)33)11-5-9(20(22,23)24)3-4-10(11)21/h3-5,8,30,33H,6-7H2,1-2H3,(H,25,31)(H,26,32)(H,28,29). The number of alkyl halides is 3. The van der Waals surface area contributed by atoms with Crippen LogP contribution in [0.3, 0.4) is 0 Å². The van der Waals surface area contributed by atoms with Gasteiger partial charge in [0.25, 0.3) is 17.4 Å². The Balaban J connectivity index is 2.88. The zero-order valence-electron chi connectivity index (χ0n) is 17.7. The molecule has 0 radical (unpaired) electrons. The summed E-state index contributed by atoms with van der Waals surface area (Å²) in [6.07, 6.45) is -4.99. The first-order valence-electron chi connectivity index (χ1n) is 9.53. The Bertz CT molecular complexity index is 1210. The molecule has 14 heteroatoms. The van der Waals surface area contributed by atoms with Crippen LogP contribution in [0.1, 0.15) is 40.1 Å². The van der Waals surface area contributed by atoms with Crippen molar-refractivity contribution < 1.29 is 47.3 Å². The monoisotopic (exact) mass is 489 g/mol. The first-order chi connectivity index (χ1) is 15.7. The normalized spacial score (nSPS) is 11.4. The molecule has 0 atom stereocenters. The summed E-state index contributed by atoms with van der Waals surface area (Å²) in [7, 11) is 0. The molecule has 10 nitrogen and oxygen atoms in total. The van der Waals surface area contributed by atoms with E-state index in [1.807, 2.05) is 0 Å². The fourth-order valence-corrected chi connectivity index (χ4v) is 2.78. The molecule has 0 saturated heterocycles. The average Bonchev–Trinajstić information content (AvgIpc) is 2.71. The van der Waals surface area contributed by atoms with E-state index in [0.717, 1.165) is 0 Å². The van der Waals surface area contributed by atoms with Gasteiger partial charge in [-0.2, -0.15) is 13.2 Å². The van der Waals surface area contributed by atoms with Crippen molar-refractivity contribution >= 4 is 17.8 Å². The summed E-state index contributed by atoms with van der Waals surface area (Å²) < 4.78 is 53.9. The predicted molar refractivity (Wildman–Crippen MR) is 107 cm³/mol. The van der Waals surface area contributed by atoms with Crippen LogP contribution >= 0.6 is 0 Å². The first kappa shape index (κ1) is 26.2. The number of aliphatic carboxylic acids is 1. The number of benzene rings is 1. The number of nitrogens with zero attached hydrogens (tertiary/aromatic N) is 1. The minimum atomic E-state index is -4.99. The zero-order valence-corrected chi connectivity index (χ0v) is 17.7. The van der Waals surface area contributed by atoms with Gasteiger partial charge in [0.1, 0.15) is 23.5 Å². The molecule has 0 saturated carbocycles. The number of carboxylic acids is 1. The number of aromatic hydroxyl groups is 2. The van der Waals surface area contributed by atoms with Crippen molar-refractivity contribution in [1.29, 1.82) is 0 Å². The van der Waals surface area contributed by atoms with Gasteiger partial charge in [-0.25, -0.2) is 8.96 Å². The lowest BCUT2D eigenvalue weighted by molar-refractivity contribution is -0.138. The molecule has 5 N–H and O–H groups in total. The lowest BCUT2D eigenvalue weighted by atomic mass is 10.1. The summed E-state index contributed by atoms with van der Waals surface area (Å²) in [6.45, 7) is 2.31. The molecule has 0 aliphatic rings. The van der Waals surface area contributed by atoms with E-state index in [1.54, 1.807) is 19.2 Å². The van der Waals surface area contributed by atoms with Gasteiger partial charge in [0.05, 0.1) is 11.3 Å².